The first-order valence-corrected chi connectivity index (χ1v) is 6.85. The molecular weight excluding hydrogens is 326 g/mol. The molecule has 1 aromatic carbocycles. The van der Waals surface area contributed by atoms with Gasteiger partial charge in [-0.2, -0.15) is 0 Å². The van der Waals surface area contributed by atoms with Gasteiger partial charge in [0.1, 0.15) is 22.8 Å². The van der Waals surface area contributed by atoms with Crippen molar-refractivity contribution in [3.05, 3.63) is 34.0 Å². The molecule has 0 unspecified atom stereocenters. The monoisotopic (exact) mass is 339 g/mol. The van der Waals surface area contributed by atoms with Gasteiger partial charge < -0.3 is 14.0 Å². The molecule has 0 amide bonds. The van der Waals surface area contributed by atoms with Gasteiger partial charge in [0.15, 0.2) is 0 Å². The summed E-state index contributed by atoms with van der Waals surface area (Å²) in [7, 11) is 1.58. The molecule has 0 aliphatic rings. The van der Waals surface area contributed by atoms with Crippen LogP contribution in [0.4, 0.5) is 0 Å². The molecule has 1 heterocycles. The van der Waals surface area contributed by atoms with Crippen molar-refractivity contribution in [3.8, 4) is 17.0 Å². The second kappa shape index (κ2) is 6.09. The van der Waals surface area contributed by atoms with E-state index in [0.717, 1.165) is 4.47 Å². The molecule has 0 N–H and O–H groups in total. The van der Waals surface area contributed by atoms with Crippen molar-refractivity contribution in [2.24, 2.45) is 0 Å². The van der Waals surface area contributed by atoms with E-state index in [0.29, 0.717) is 34.9 Å². The number of nitrogens with zero attached hydrogens (tertiary/aromatic N) is 1. The van der Waals surface area contributed by atoms with E-state index in [4.69, 9.17) is 14.0 Å². The quantitative estimate of drug-likeness (QED) is 0.796. The van der Waals surface area contributed by atoms with Crippen LogP contribution in [0.25, 0.3) is 11.3 Å². The molecule has 2 rings (SSSR count). The maximum absolute atomic E-state index is 12.0. The van der Waals surface area contributed by atoms with Crippen molar-refractivity contribution >= 4 is 21.9 Å². The number of carbonyl (C=O) groups is 1. The Morgan fingerprint density at radius 1 is 1.45 bits per heavy atom. The molecule has 20 heavy (non-hydrogen) atoms. The average Bonchev–Trinajstić information content (AvgIpc) is 2.81. The Labute approximate surface area is 125 Å². The molecule has 2 aromatic rings. The second-order valence-corrected chi connectivity index (χ2v) is 4.88. The van der Waals surface area contributed by atoms with Crippen LogP contribution in [0.3, 0.4) is 0 Å². The number of aryl methyl sites for hydroxylation is 1. The lowest BCUT2D eigenvalue weighted by Gasteiger charge is -2.07. The summed E-state index contributed by atoms with van der Waals surface area (Å²) in [5.41, 5.74) is 1.48. The molecular formula is C14H14BrNO4. The van der Waals surface area contributed by atoms with Crippen LogP contribution in [0.15, 0.2) is 27.2 Å². The fourth-order valence-electron chi connectivity index (χ4n) is 1.81. The van der Waals surface area contributed by atoms with Crippen LogP contribution in [0, 0.1) is 6.92 Å². The highest BCUT2D eigenvalue weighted by molar-refractivity contribution is 9.10. The first-order valence-electron chi connectivity index (χ1n) is 6.05. The van der Waals surface area contributed by atoms with Gasteiger partial charge in [0.05, 0.1) is 13.7 Å². The van der Waals surface area contributed by atoms with Crippen LogP contribution < -0.4 is 4.74 Å². The number of benzene rings is 1. The van der Waals surface area contributed by atoms with Crippen molar-refractivity contribution in [2.75, 3.05) is 13.7 Å². The number of ether oxygens (including phenoxy) is 2. The zero-order chi connectivity index (χ0) is 14.7. The summed E-state index contributed by atoms with van der Waals surface area (Å²) in [6, 6.07) is 5.42. The number of esters is 1. The number of hydrogen-bond donors (Lipinski definition) is 0. The summed E-state index contributed by atoms with van der Waals surface area (Å²) in [6.07, 6.45) is 0. The van der Waals surface area contributed by atoms with Gasteiger partial charge in [-0.15, -0.1) is 0 Å². The summed E-state index contributed by atoms with van der Waals surface area (Å²) in [5.74, 6) is 0.641. The molecule has 0 aliphatic heterocycles. The maximum atomic E-state index is 12.0. The Kier molecular flexibility index (Phi) is 4.44. The third-order valence-corrected chi connectivity index (χ3v) is 3.46. The summed E-state index contributed by atoms with van der Waals surface area (Å²) in [6.45, 7) is 3.72. The van der Waals surface area contributed by atoms with Gasteiger partial charge in [-0.05, 0) is 32.0 Å². The summed E-state index contributed by atoms with van der Waals surface area (Å²) < 4.78 is 16.2. The van der Waals surface area contributed by atoms with E-state index >= 15 is 0 Å². The number of halogens is 1. The van der Waals surface area contributed by atoms with E-state index in [1.807, 2.05) is 12.1 Å². The largest absolute Gasteiger partial charge is 0.497 e. The number of rotatable bonds is 4. The van der Waals surface area contributed by atoms with E-state index in [-0.39, 0.29) is 0 Å². The molecule has 0 atom stereocenters. The second-order valence-electron chi connectivity index (χ2n) is 4.03. The number of carbonyl (C=O) groups excluding carboxylic acids is 1. The smallest absolute Gasteiger partial charge is 0.344 e. The van der Waals surface area contributed by atoms with Crippen LogP contribution in [0.5, 0.6) is 5.75 Å². The third-order valence-electron chi connectivity index (χ3n) is 2.77. The predicted octanol–water partition coefficient (Wildman–Crippen LogP) is 3.60. The molecule has 0 spiro atoms. The molecule has 0 saturated carbocycles. The molecule has 1 aromatic heterocycles. The fourth-order valence-corrected chi connectivity index (χ4v) is 2.25. The summed E-state index contributed by atoms with van der Waals surface area (Å²) in [4.78, 5) is 12.0. The Bertz CT molecular complexity index is 636. The highest BCUT2D eigenvalue weighted by atomic mass is 79.9. The van der Waals surface area contributed by atoms with E-state index in [2.05, 4.69) is 21.1 Å². The molecule has 106 valence electrons. The van der Waals surface area contributed by atoms with E-state index < -0.39 is 5.97 Å². The van der Waals surface area contributed by atoms with Crippen molar-refractivity contribution < 1.29 is 18.8 Å². The Morgan fingerprint density at radius 3 is 2.85 bits per heavy atom. The highest BCUT2D eigenvalue weighted by Gasteiger charge is 2.24. The summed E-state index contributed by atoms with van der Waals surface area (Å²) >= 11 is 3.44. The predicted molar refractivity (Wildman–Crippen MR) is 76.9 cm³/mol. The van der Waals surface area contributed by atoms with Crippen molar-refractivity contribution in [1.29, 1.82) is 0 Å². The lowest BCUT2D eigenvalue weighted by atomic mass is 10.1. The van der Waals surface area contributed by atoms with Gasteiger partial charge in [-0.3, -0.25) is 0 Å². The molecule has 5 nitrogen and oxygen atoms in total. The first kappa shape index (κ1) is 14.6. The van der Waals surface area contributed by atoms with Crippen LogP contribution in [0.2, 0.25) is 0 Å². The van der Waals surface area contributed by atoms with Crippen molar-refractivity contribution in [3.63, 3.8) is 0 Å². The lowest BCUT2D eigenvalue weighted by Crippen LogP contribution is -2.06. The van der Waals surface area contributed by atoms with Crippen LogP contribution in [-0.2, 0) is 4.74 Å². The Morgan fingerprint density at radius 2 is 2.20 bits per heavy atom. The van der Waals surface area contributed by atoms with Gasteiger partial charge in [0.25, 0.3) is 0 Å². The van der Waals surface area contributed by atoms with Gasteiger partial charge in [0.2, 0.25) is 0 Å². The van der Waals surface area contributed by atoms with Crippen LogP contribution in [-0.4, -0.2) is 24.8 Å². The van der Waals surface area contributed by atoms with Crippen LogP contribution >= 0.6 is 15.9 Å². The van der Waals surface area contributed by atoms with E-state index in [9.17, 15) is 4.79 Å². The molecule has 0 bridgehead atoms. The highest BCUT2D eigenvalue weighted by Crippen LogP contribution is 2.34. The van der Waals surface area contributed by atoms with Gasteiger partial charge in [-0.25, -0.2) is 4.79 Å². The Hall–Kier alpha value is -1.82. The normalized spacial score (nSPS) is 10.4. The topological polar surface area (TPSA) is 61.6 Å². The fraction of sp³-hybridized carbons (Fsp3) is 0.286. The number of methoxy groups -OCH3 is 1. The standard InChI is InChI=1S/C14H14BrNO4/c1-4-19-14(17)12-8(2)20-16-13(12)10-7-9(18-3)5-6-11(10)15/h5-7H,4H2,1-3H3. The zero-order valence-electron chi connectivity index (χ0n) is 11.4. The number of aromatic nitrogens is 1. The maximum Gasteiger partial charge on any atom is 0.344 e. The van der Waals surface area contributed by atoms with Crippen molar-refractivity contribution in [2.45, 2.75) is 13.8 Å². The van der Waals surface area contributed by atoms with Gasteiger partial charge in [-0.1, -0.05) is 21.1 Å². The average molecular weight is 340 g/mol. The molecule has 0 saturated heterocycles. The third kappa shape index (κ3) is 2.70. The number of hydrogen-bond acceptors (Lipinski definition) is 5. The van der Waals surface area contributed by atoms with E-state index in [1.165, 1.54) is 0 Å². The first-order chi connectivity index (χ1) is 9.58. The molecule has 0 fully saturated rings. The molecule has 0 aliphatic carbocycles. The summed E-state index contributed by atoms with van der Waals surface area (Å²) in [5, 5.41) is 3.96. The van der Waals surface area contributed by atoms with Gasteiger partial charge in [0, 0.05) is 10.0 Å². The van der Waals surface area contributed by atoms with Crippen molar-refractivity contribution in [1.82, 2.24) is 5.16 Å². The lowest BCUT2D eigenvalue weighted by molar-refractivity contribution is 0.0525. The zero-order valence-corrected chi connectivity index (χ0v) is 13.0. The van der Waals surface area contributed by atoms with Crippen LogP contribution in [0.1, 0.15) is 23.0 Å². The minimum absolute atomic E-state index is 0.294. The van der Waals surface area contributed by atoms with E-state index in [1.54, 1.807) is 27.0 Å². The SMILES string of the molecule is CCOC(=O)c1c(-c2cc(OC)ccc2Br)noc1C. The molecule has 6 heteroatoms. The Balaban J connectivity index is 2.56. The molecule has 0 radical (unpaired) electrons. The minimum Gasteiger partial charge on any atom is -0.497 e. The minimum atomic E-state index is -0.448. The van der Waals surface area contributed by atoms with Gasteiger partial charge >= 0.3 is 5.97 Å².